The van der Waals surface area contributed by atoms with E-state index < -0.39 is 6.36 Å². The lowest BCUT2D eigenvalue weighted by Gasteiger charge is -2.08. The maximum atomic E-state index is 11.7. The highest BCUT2D eigenvalue weighted by Crippen LogP contribution is 2.24. The Balaban J connectivity index is 2.74. The van der Waals surface area contributed by atoms with Crippen LogP contribution in [-0.2, 0) is 0 Å². The van der Waals surface area contributed by atoms with E-state index in [2.05, 4.69) is 9.73 Å². The molecule has 0 heterocycles. The molecule has 0 aliphatic carbocycles. The predicted molar refractivity (Wildman–Crippen MR) is 47.0 cm³/mol. The van der Waals surface area contributed by atoms with Crippen LogP contribution in [-0.4, -0.2) is 12.6 Å². The van der Waals surface area contributed by atoms with E-state index in [9.17, 15) is 13.2 Å². The Labute approximate surface area is 79.0 Å². The summed E-state index contributed by atoms with van der Waals surface area (Å²) in [5, 5.41) is 0. The van der Waals surface area contributed by atoms with Crippen LogP contribution in [0.5, 0.6) is 5.75 Å². The lowest BCUT2D eigenvalue weighted by Crippen LogP contribution is -2.16. The van der Waals surface area contributed by atoms with Gasteiger partial charge in [-0.05, 0) is 31.2 Å². The molecule has 0 N–H and O–H groups in total. The summed E-state index contributed by atoms with van der Waals surface area (Å²) in [6.07, 6.45) is -3.09. The molecule has 14 heavy (non-hydrogen) atoms. The highest BCUT2D eigenvalue weighted by Gasteiger charge is 2.30. The van der Waals surface area contributed by atoms with Gasteiger partial charge in [-0.3, -0.25) is 4.99 Å². The normalized spacial score (nSPS) is 12.0. The van der Waals surface area contributed by atoms with Gasteiger partial charge in [0.05, 0.1) is 5.69 Å². The number of ether oxygens (including phenoxy) is 1. The van der Waals surface area contributed by atoms with E-state index >= 15 is 0 Å². The van der Waals surface area contributed by atoms with Crippen molar-refractivity contribution < 1.29 is 17.9 Å². The SMILES string of the molecule is C/C=N/c1ccc(OC(F)(F)F)cc1. The Morgan fingerprint density at radius 1 is 1.21 bits per heavy atom. The summed E-state index contributed by atoms with van der Waals surface area (Å²) >= 11 is 0. The first-order chi connectivity index (χ1) is 6.51. The smallest absolute Gasteiger partial charge is 0.406 e. The Hall–Kier alpha value is -1.52. The second-order valence-electron chi connectivity index (χ2n) is 2.43. The number of hydrogen-bond acceptors (Lipinski definition) is 2. The molecule has 1 aromatic rings. The first-order valence-corrected chi connectivity index (χ1v) is 3.86. The summed E-state index contributed by atoms with van der Waals surface area (Å²) in [6.45, 7) is 1.72. The minimum absolute atomic E-state index is 0.243. The first-order valence-electron chi connectivity index (χ1n) is 3.86. The highest BCUT2D eigenvalue weighted by atomic mass is 19.4. The molecule has 1 rings (SSSR count). The van der Waals surface area contributed by atoms with Gasteiger partial charge in [-0.2, -0.15) is 0 Å². The minimum Gasteiger partial charge on any atom is -0.406 e. The molecular formula is C9H8F3NO. The molecule has 0 fully saturated rings. The number of aliphatic imine (C=N–C) groups is 1. The average molecular weight is 203 g/mol. The molecule has 0 aliphatic rings. The number of nitrogens with zero attached hydrogens (tertiary/aromatic N) is 1. The fraction of sp³-hybridized carbons (Fsp3) is 0.222. The molecule has 0 spiro atoms. The van der Waals surface area contributed by atoms with Crippen LogP contribution in [0.2, 0.25) is 0 Å². The second kappa shape index (κ2) is 4.13. The average Bonchev–Trinajstić information content (AvgIpc) is 2.06. The molecular weight excluding hydrogens is 195 g/mol. The predicted octanol–water partition coefficient (Wildman–Crippen LogP) is 3.31. The van der Waals surface area contributed by atoms with Crippen molar-refractivity contribution >= 4 is 11.9 Å². The topological polar surface area (TPSA) is 21.6 Å². The van der Waals surface area contributed by atoms with Crippen LogP contribution >= 0.6 is 0 Å². The minimum atomic E-state index is -4.64. The number of benzene rings is 1. The van der Waals surface area contributed by atoms with Crippen LogP contribution in [0.4, 0.5) is 18.9 Å². The molecule has 0 atom stereocenters. The van der Waals surface area contributed by atoms with Gasteiger partial charge in [0.15, 0.2) is 0 Å². The van der Waals surface area contributed by atoms with E-state index in [1.165, 1.54) is 24.3 Å². The summed E-state index contributed by atoms with van der Waals surface area (Å²) in [5.74, 6) is -0.243. The van der Waals surface area contributed by atoms with Crippen LogP contribution in [0, 0.1) is 0 Å². The van der Waals surface area contributed by atoms with Gasteiger partial charge in [0.2, 0.25) is 0 Å². The molecule has 0 saturated heterocycles. The van der Waals surface area contributed by atoms with E-state index in [0.29, 0.717) is 5.69 Å². The van der Waals surface area contributed by atoms with Gasteiger partial charge in [-0.15, -0.1) is 13.2 Å². The van der Waals surface area contributed by atoms with Crippen molar-refractivity contribution in [3.63, 3.8) is 0 Å². The highest BCUT2D eigenvalue weighted by molar-refractivity contribution is 5.60. The van der Waals surface area contributed by atoms with Gasteiger partial charge in [-0.1, -0.05) is 0 Å². The van der Waals surface area contributed by atoms with Crippen molar-refractivity contribution in [1.29, 1.82) is 0 Å². The Morgan fingerprint density at radius 2 is 1.79 bits per heavy atom. The zero-order chi connectivity index (χ0) is 10.6. The molecule has 0 saturated carbocycles. The quantitative estimate of drug-likeness (QED) is 0.675. The molecule has 1 aromatic carbocycles. The largest absolute Gasteiger partial charge is 0.573 e. The third kappa shape index (κ3) is 3.47. The lowest BCUT2D eigenvalue weighted by atomic mass is 10.3. The van der Waals surface area contributed by atoms with E-state index in [0.717, 1.165) is 0 Å². The summed E-state index contributed by atoms with van der Waals surface area (Å²) in [4.78, 5) is 3.88. The van der Waals surface area contributed by atoms with Crippen molar-refractivity contribution in [2.45, 2.75) is 13.3 Å². The van der Waals surface area contributed by atoms with Crippen LogP contribution in [0.15, 0.2) is 29.3 Å². The van der Waals surface area contributed by atoms with Gasteiger partial charge in [-0.25, -0.2) is 0 Å². The van der Waals surface area contributed by atoms with Crippen molar-refractivity contribution in [1.82, 2.24) is 0 Å². The van der Waals surface area contributed by atoms with Gasteiger partial charge >= 0.3 is 6.36 Å². The molecule has 2 nitrogen and oxygen atoms in total. The number of hydrogen-bond donors (Lipinski definition) is 0. The van der Waals surface area contributed by atoms with Crippen LogP contribution < -0.4 is 4.74 Å². The standard InChI is InChI=1S/C9H8F3NO/c1-2-13-7-3-5-8(6-4-7)14-9(10,11)12/h2-6H,1H3/b13-2+. The van der Waals surface area contributed by atoms with Gasteiger partial charge in [0.1, 0.15) is 5.75 Å². The van der Waals surface area contributed by atoms with Crippen molar-refractivity contribution in [2.75, 3.05) is 0 Å². The van der Waals surface area contributed by atoms with E-state index in [1.54, 1.807) is 13.1 Å². The second-order valence-corrected chi connectivity index (χ2v) is 2.43. The van der Waals surface area contributed by atoms with Gasteiger partial charge < -0.3 is 4.74 Å². The fourth-order valence-electron chi connectivity index (χ4n) is 0.883. The Bertz CT molecular complexity index is 316. The Morgan fingerprint density at radius 3 is 2.21 bits per heavy atom. The zero-order valence-corrected chi connectivity index (χ0v) is 7.38. The summed E-state index contributed by atoms with van der Waals surface area (Å²) in [5.41, 5.74) is 0.585. The number of rotatable bonds is 2. The van der Waals surface area contributed by atoms with Crippen molar-refractivity contribution in [2.24, 2.45) is 4.99 Å². The van der Waals surface area contributed by atoms with Crippen LogP contribution in [0.25, 0.3) is 0 Å². The molecule has 0 aromatic heterocycles. The van der Waals surface area contributed by atoms with Crippen LogP contribution in [0.1, 0.15) is 6.92 Å². The fourth-order valence-corrected chi connectivity index (χ4v) is 0.883. The first kappa shape index (κ1) is 10.6. The molecule has 0 aliphatic heterocycles. The number of alkyl halides is 3. The zero-order valence-electron chi connectivity index (χ0n) is 7.38. The molecule has 76 valence electrons. The molecule has 0 unspecified atom stereocenters. The van der Waals surface area contributed by atoms with Crippen molar-refractivity contribution in [3.05, 3.63) is 24.3 Å². The van der Waals surface area contributed by atoms with Crippen LogP contribution in [0.3, 0.4) is 0 Å². The van der Waals surface area contributed by atoms with Gasteiger partial charge in [0, 0.05) is 6.21 Å². The molecule has 0 bridgehead atoms. The summed E-state index contributed by atoms with van der Waals surface area (Å²) in [6, 6.07) is 5.33. The summed E-state index contributed by atoms with van der Waals surface area (Å²) < 4.78 is 38.9. The van der Waals surface area contributed by atoms with Gasteiger partial charge in [0.25, 0.3) is 0 Å². The maximum Gasteiger partial charge on any atom is 0.573 e. The Kier molecular flexibility index (Phi) is 3.11. The summed E-state index contributed by atoms with van der Waals surface area (Å²) in [7, 11) is 0. The number of halogens is 3. The molecule has 0 radical (unpaired) electrons. The third-order valence-corrected chi connectivity index (χ3v) is 1.35. The van der Waals surface area contributed by atoms with E-state index in [1.807, 2.05) is 0 Å². The third-order valence-electron chi connectivity index (χ3n) is 1.35. The van der Waals surface area contributed by atoms with E-state index in [-0.39, 0.29) is 5.75 Å². The maximum absolute atomic E-state index is 11.7. The van der Waals surface area contributed by atoms with Crippen molar-refractivity contribution in [3.8, 4) is 5.75 Å². The molecule has 5 heteroatoms. The molecule has 0 amide bonds. The monoisotopic (exact) mass is 203 g/mol. The lowest BCUT2D eigenvalue weighted by molar-refractivity contribution is -0.274. The van der Waals surface area contributed by atoms with E-state index in [4.69, 9.17) is 0 Å².